The number of rotatable bonds is 8. The molecule has 14 heavy (non-hydrogen) atoms. The van der Waals surface area contributed by atoms with Crippen molar-refractivity contribution in [1.29, 1.82) is 0 Å². The zero-order valence-corrected chi connectivity index (χ0v) is 10.1. The zero-order valence-electron chi connectivity index (χ0n) is 9.33. The second kappa shape index (κ2) is 6.70. The van der Waals surface area contributed by atoms with Crippen LogP contribution in [0.4, 0.5) is 0 Å². The monoisotopic (exact) mass is 217 g/mol. The van der Waals surface area contributed by atoms with E-state index in [0.29, 0.717) is 12.1 Å². The first kappa shape index (κ1) is 12.3. The van der Waals surface area contributed by atoms with Gasteiger partial charge in [0.05, 0.1) is 6.61 Å². The van der Waals surface area contributed by atoms with E-state index in [1.54, 1.807) is 0 Å². The first-order valence-electron chi connectivity index (χ1n) is 5.67. The van der Waals surface area contributed by atoms with Crippen LogP contribution in [-0.2, 0) is 0 Å². The van der Waals surface area contributed by atoms with Gasteiger partial charge in [0.15, 0.2) is 0 Å². The van der Waals surface area contributed by atoms with Crippen LogP contribution in [0, 0.1) is 5.92 Å². The van der Waals surface area contributed by atoms with Gasteiger partial charge in [-0.25, -0.2) is 0 Å². The Labute approximate surface area is 91.9 Å². The maximum atomic E-state index is 9.14. The summed E-state index contributed by atoms with van der Waals surface area (Å²) in [6, 6.07) is 1.03. The van der Waals surface area contributed by atoms with Crippen molar-refractivity contribution in [3.63, 3.8) is 0 Å². The maximum absolute atomic E-state index is 9.14. The zero-order chi connectivity index (χ0) is 10.4. The molecular formula is C11H23NOS. The summed E-state index contributed by atoms with van der Waals surface area (Å²) < 4.78 is 0. The third-order valence-corrected chi connectivity index (χ3v) is 3.59. The summed E-state index contributed by atoms with van der Waals surface area (Å²) in [4.78, 5) is 0. The smallest absolute Gasteiger partial charge is 0.0592 e. The minimum atomic E-state index is 0.283. The van der Waals surface area contributed by atoms with Crippen LogP contribution >= 0.6 is 11.8 Å². The molecule has 2 nitrogen and oxygen atoms in total. The molecular weight excluding hydrogens is 194 g/mol. The number of hydrogen-bond acceptors (Lipinski definition) is 3. The molecule has 0 heterocycles. The van der Waals surface area contributed by atoms with Crippen LogP contribution in [0.5, 0.6) is 0 Å². The largest absolute Gasteiger partial charge is 0.395 e. The normalized spacial score (nSPS) is 18.9. The van der Waals surface area contributed by atoms with Crippen LogP contribution in [0.2, 0.25) is 0 Å². The Morgan fingerprint density at radius 2 is 2.14 bits per heavy atom. The first-order chi connectivity index (χ1) is 6.72. The van der Waals surface area contributed by atoms with E-state index in [4.69, 9.17) is 5.11 Å². The molecule has 0 saturated heterocycles. The fourth-order valence-electron chi connectivity index (χ4n) is 1.28. The summed E-state index contributed by atoms with van der Waals surface area (Å²) >= 11 is 1.96. The van der Waals surface area contributed by atoms with E-state index in [2.05, 4.69) is 19.2 Å². The highest BCUT2D eigenvalue weighted by atomic mass is 32.2. The highest BCUT2D eigenvalue weighted by molar-refractivity contribution is 7.99. The third kappa shape index (κ3) is 5.89. The second-order valence-electron chi connectivity index (χ2n) is 4.58. The lowest BCUT2D eigenvalue weighted by atomic mass is 10.2. The molecule has 1 unspecified atom stereocenters. The molecule has 1 atom stereocenters. The molecule has 0 aromatic carbocycles. The van der Waals surface area contributed by atoms with Crippen molar-refractivity contribution in [2.45, 2.75) is 45.2 Å². The average molecular weight is 217 g/mol. The van der Waals surface area contributed by atoms with Gasteiger partial charge in [-0.15, -0.1) is 0 Å². The average Bonchev–Trinajstić information content (AvgIpc) is 2.93. The van der Waals surface area contributed by atoms with Crippen molar-refractivity contribution in [3.05, 3.63) is 0 Å². The third-order valence-electron chi connectivity index (χ3n) is 2.43. The van der Waals surface area contributed by atoms with Gasteiger partial charge in [-0.1, -0.05) is 13.8 Å². The van der Waals surface area contributed by atoms with Gasteiger partial charge in [0.25, 0.3) is 0 Å². The van der Waals surface area contributed by atoms with Crippen molar-refractivity contribution >= 4 is 11.8 Å². The molecule has 1 fully saturated rings. The van der Waals surface area contributed by atoms with Gasteiger partial charge in [-0.2, -0.15) is 11.8 Å². The lowest BCUT2D eigenvalue weighted by Crippen LogP contribution is -2.36. The molecule has 84 valence electrons. The van der Waals surface area contributed by atoms with E-state index in [9.17, 15) is 0 Å². The molecule has 1 aliphatic rings. The Morgan fingerprint density at radius 3 is 2.64 bits per heavy atom. The van der Waals surface area contributed by atoms with Gasteiger partial charge in [0.2, 0.25) is 0 Å². The fraction of sp³-hybridized carbons (Fsp3) is 1.00. The molecule has 0 bridgehead atoms. The van der Waals surface area contributed by atoms with Gasteiger partial charge >= 0.3 is 0 Å². The number of thioether (sulfide) groups is 1. The van der Waals surface area contributed by atoms with Crippen molar-refractivity contribution < 1.29 is 5.11 Å². The molecule has 0 aliphatic heterocycles. The maximum Gasteiger partial charge on any atom is 0.0592 e. The summed E-state index contributed by atoms with van der Waals surface area (Å²) in [7, 11) is 0. The predicted molar refractivity (Wildman–Crippen MR) is 63.8 cm³/mol. The minimum absolute atomic E-state index is 0.283. The van der Waals surface area contributed by atoms with Crippen molar-refractivity contribution in [2.75, 3.05) is 18.1 Å². The number of aliphatic hydroxyl groups is 1. The van der Waals surface area contributed by atoms with Gasteiger partial charge < -0.3 is 10.4 Å². The van der Waals surface area contributed by atoms with E-state index in [1.807, 2.05) is 11.8 Å². The quantitative estimate of drug-likeness (QED) is 0.609. The lowest BCUT2D eigenvalue weighted by molar-refractivity contribution is 0.253. The molecule has 1 aliphatic carbocycles. The minimum Gasteiger partial charge on any atom is -0.395 e. The molecule has 3 heteroatoms. The Hall–Kier alpha value is 0.270. The topological polar surface area (TPSA) is 32.3 Å². The van der Waals surface area contributed by atoms with Crippen LogP contribution in [0.25, 0.3) is 0 Å². The van der Waals surface area contributed by atoms with Crippen LogP contribution in [0.1, 0.15) is 33.1 Å². The lowest BCUT2D eigenvalue weighted by Gasteiger charge is -2.15. The summed E-state index contributed by atoms with van der Waals surface area (Å²) in [6.45, 7) is 4.80. The van der Waals surface area contributed by atoms with Gasteiger partial charge in [0.1, 0.15) is 0 Å². The molecule has 1 rings (SSSR count). The van der Waals surface area contributed by atoms with Crippen LogP contribution in [0.15, 0.2) is 0 Å². The van der Waals surface area contributed by atoms with Gasteiger partial charge in [0, 0.05) is 17.8 Å². The first-order valence-corrected chi connectivity index (χ1v) is 6.82. The standard InChI is InChI=1S/C11H23NOS/c1-9(2)5-6-14-8-11(7-13)12-10-3-4-10/h9-13H,3-8H2,1-2H3. The van der Waals surface area contributed by atoms with E-state index in [-0.39, 0.29) is 6.61 Å². The Morgan fingerprint density at radius 1 is 1.43 bits per heavy atom. The second-order valence-corrected chi connectivity index (χ2v) is 5.73. The Balaban J connectivity index is 1.96. The van der Waals surface area contributed by atoms with E-state index in [1.165, 1.54) is 25.0 Å². The highest BCUT2D eigenvalue weighted by Gasteiger charge is 2.23. The summed E-state index contributed by atoms with van der Waals surface area (Å²) in [5.74, 6) is 3.08. The van der Waals surface area contributed by atoms with Crippen molar-refractivity contribution in [3.8, 4) is 0 Å². The molecule has 0 amide bonds. The van der Waals surface area contributed by atoms with Crippen LogP contribution < -0.4 is 5.32 Å². The van der Waals surface area contributed by atoms with E-state index < -0.39 is 0 Å². The summed E-state index contributed by atoms with van der Waals surface area (Å²) in [5, 5.41) is 12.6. The van der Waals surface area contributed by atoms with E-state index >= 15 is 0 Å². The summed E-state index contributed by atoms with van der Waals surface area (Å²) in [5.41, 5.74) is 0. The van der Waals surface area contributed by atoms with Crippen molar-refractivity contribution in [2.24, 2.45) is 5.92 Å². The van der Waals surface area contributed by atoms with Crippen molar-refractivity contribution in [1.82, 2.24) is 5.32 Å². The molecule has 0 spiro atoms. The molecule has 0 aromatic heterocycles. The molecule has 0 aromatic rings. The Kier molecular flexibility index (Phi) is 5.90. The molecule has 1 saturated carbocycles. The van der Waals surface area contributed by atoms with E-state index in [0.717, 1.165) is 11.7 Å². The number of aliphatic hydroxyl groups excluding tert-OH is 1. The number of nitrogens with one attached hydrogen (secondary N) is 1. The molecule has 2 N–H and O–H groups in total. The van der Waals surface area contributed by atoms with Crippen LogP contribution in [0.3, 0.4) is 0 Å². The molecule has 0 radical (unpaired) electrons. The Bertz CT molecular complexity index is 148. The summed E-state index contributed by atoms with van der Waals surface area (Å²) in [6.07, 6.45) is 3.88. The SMILES string of the molecule is CC(C)CCSCC(CO)NC1CC1. The van der Waals surface area contributed by atoms with Gasteiger partial charge in [-0.3, -0.25) is 0 Å². The van der Waals surface area contributed by atoms with Gasteiger partial charge in [-0.05, 0) is 30.9 Å². The van der Waals surface area contributed by atoms with Crippen LogP contribution in [-0.4, -0.2) is 35.3 Å². The highest BCUT2D eigenvalue weighted by Crippen LogP contribution is 2.20. The fourth-order valence-corrected chi connectivity index (χ4v) is 2.57. The number of hydrogen-bond donors (Lipinski definition) is 2. The predicted octanol–water partition coefficient (Wildman–Crippen LogP) is 1.88.